The van der Waals surface area contributed by atoms with E-state index in [1.54, 1.807) is 0 Å². The zero-order valence-electron chi connectivity index (χ0n) is 12.6. The van der Waals surface area contributed by atoms with Gasteiger partial charge in [0.05, 0.1) is 6.07 Å². The molecule has 1 saturated carbocycles. The van der Waals surface area contributed by atoms with Crippen molar-refractivity contribution in [3.05, 3.63) is 35.9 Å². The smallest absolute Gasteiger partial charge is 0.133 e. The van der Waals surface area contributed by atoms with Crippen LogP contribution in [0.4, 0.5) is 0 Å². The molecule has 3 heteroatoms. The molecule has 1 aromatic rings. The molecule has 0 heterocycles. The molecule has 1 aliphatic carbocycles. The van der Waals surface area contributed by atoms with Gasteiger partial charge < -0.3 is 4.90 Å². The van der Waals surface area contributed by atoms with Crippen LogP contribution in [0.3, 0.4) is 0 Å². The van der Waals surface area contributed by atoms with Crippen LogP contribution in [0.2, 0.25) is 0 Å². The number of nitrogens with one attached hydrogen (secondary N) is 1. The third-order valence-electron chi connectivity index (χ3n) is 4.18. The molecule has 0 spiro atoms. The fraction of sp³-hybridized carbons (Fsp3) is 0.588. The van der Waals surface area contributed by atoms with Crippen molar-refractivity contribution in [3.8, 4) is 6.07 Å². The highest BCUT2D eigenvalue weighted by Crippen LogP contribution is 2.30. The van der Waals surface area contributed by atoms with Gasteiger partial charge in [-0.1, -0.05) is 44.2 Å². The summed E-state index contributed by atoms with van der Waals surface area (Å²) in [6, 6.07) is 13.4. The summed E-state index contributed by atoms with van der Waals surface area (Å²) in [7, 11) is 0. The van der Waals surface area contributed by atoms with Crippen molar-refractivity contribution >= 4 is 0 Å². The Morgan fingerprint density at radius 1 is 1.30 bits per heavy atom. The molecule has 108 valence electrons. The first-order valence-corrected chi connectivity index (χ1v) is 7.71. The highest BCUT2D eigenvalue weighted by Gasteiger charge is 2.34. The summed E-state index contributed by atoms with van der Waals surface area (Å²) in [4.78, 5) is 2.51. The van der Waals surface area contributed by atoms with E-state index in [9.17, 15) is 5.26 Å². The van der Waals surface area contributed by atoms with E-state index in [4.69, 9.17) is 0 Å². The summed E-state index contributed by atoms with van der Waals surface area (Å²) in [5, 5.41) is 13.2. The molecule has 0 saturated heterocycles. The van der Waals surface area contributed by atoms with E-state index in [-0.39, 0.29) is 0 Å². The lowest BCUT2D eigenvalue weighted by molar-refractivity contribution is 0.242. The van der Waals surface area contributed by atoms with Gasteiger partial charge in [-0.2, -0.15) is 5.26 Å². The van der Waals surface area contributed by atoms with Crippen LogP contribution in [0.25, 0.3) is 0 Å². The monoisotopic (exact) mass is 271 g/mol. The summed E-state index contributed by atoms with van der Waals surface area (Å²) in [6.45, 7) is 7.14. The highest BCUT2D eigenvalue weighted by atomic mass is 15.2. The molecule has 0 bridgehead atoms. The first-order valence-electron chi connectivity index (χ1n) is 7.71. The number of hydrogen-bond donors (Lipinski definition) is 1. The number of rotatable bonds is 8. The van der Waals surface area contributed by atoms with Crippen LogP contribution in [-0.2, 0) is 5.54 Å². The predicted octanol–water partition coefficient (Wildman–Crippen LogP) is 2.89. The third kappa shape index (κ3) is 3.39. The topological polar surface area (TPSA) is 39.1 Å². The molecule has 1 aromatic carbocycles. The summed E-state index contributed by atoms with van der Waals surface area (Å²) < 4.78 is 0. The quantitative estimate of drug-likeness (QED) is 0.790. The average molecular weight is 271 g/mol. The molecule has 1 aliphatic rings. The first-order chi connectivity index (χ1) is 9.75. The normalized spacial score (nSPS) is 17.7. The van der Waals surface area contributed by atoms with Gasteiger partial charge in [0.25, 0.3) is 0 Å². The minimum Gasteiger partial charge on any atom is -0.301 e. The van der Waals surface area contributed by atoms with Gasteiger partial charge in [0.2, 0.25) is 0 Å². The molecule has 1 N–H and O–H groups in total. The summed E-state index contributed by atoms with van der Waals surface area (Å²) in [5.74, 6) is 0. The maximum Gasteiger partial charge on any atom is 0.133 e. The average Bonchev–Trinajstić information content (AvgIpc) is 3.32. The second kappa shape index (κ2) is 6.88. The standard InChI is InChI=1S/C17H25N3/c1-3-19-17(14-18,15-8-6-5-7-9-15)12-13-20(4-2)16-10-11-16/h5-9,16,19H,3-4,10-13H2,1-2H3. The molecule has 1 atom stereocenters. The number of benzene rings is 1. The van der Waals surface area contributed by atoms with E-state index < -0.39 is 5.54 Å². The van der Waals surface area contributed by atoms with Gasteiger partial charge in [-0.05, 0) is 37.9 Å². The van der Waals surface area contributed by atoms with Crippen molar-refractivity contribution < 1.29 is 0 Å². The summed E-state index contributed by atoms with van der Waals surface area (Å²) >= 11 is 0. The van der Waals surface area contributed by atoms with Gasteiger partial charge >= 0.3 is 0 Å². The van der Waals surface area contributed by atoms with Gasteiger partial charge in [-0.25, -0.2) is 0 Å². The van der Waals surface area contributed by atoms with Crippen molar-refractivity contribution in [3.63, 3.8) is 0 Å². The molecule has 0 radical (unpaired) electrons. The molecule has 1 fully saturated rings. The Kier molecular flexibility index (Phi) is 5.17. The lowest BCUT2D eigenvalue weighted by atomic mass is 9.87. The van der Waals surface area contributed by atoms with Crippen LogP contribution in [0.5, 0.6) is 0 Å². The Balaban J connectivity index is 2.12. The molecular weight excluding hydrogens is 246 g/mol. The fourth-order valence-corrected chi connectivity index (χ4v) is 2.87. The lowest BCUT2D eigenvalue weighted by Crippen LogP contribution is -2.44. The largest absolute Gasteiger partial charge is 0.301 e. The van der Waals surface area contributed by atoms with E-state index in [0.29, 0.717) is 0 Å². The lowest BCUT2D eigenvalue weighted by Gasteiger charge is -2.31. The Labute approximate surface area is 122 Å². The molecule has 2 rings (SSSR count). The maximum atomic E-state index is 9.77. The van der Waals surface area contributed by atoms with Crippen molar-refractivity contribution in [2.45, 2.75) is 44.7 Å². The van der Waals surface area contributed by atoms with Crippen LogP contribution in [-0.4, -0.2) is 30.6 Å². The van der Waals surface area contributed by atoms with Crippen molar-refractivity contribution in [1.29, 1.82) is 5.26 Å². The van der Waals surface area contributed by atoms with E-state index >= 15 is 0 Å². The first kappa shape index (κ1) is 15.0. The van der Waals surface area contributed by atoms with Crippen LogP contribution >= 0.6 is 0 Å². The van der Waals surface area contributed by atoms with Crippen molar-refractivity contribution in [2.24, 2.45) is 0 Å². The minimum atomic E-state index is -0.557. The van der Waals surface area contributed by atoms with Crippen LogP contribution in [0.1, 0.15) is 38.7 Å². The van der Waals surface area contributed by atoms with E-state index in [0.717, 1.165) is 37.7 Å². The molecular formula is C17H25N3. The van der Waals surface area contributed by atoms with Crippen LogP contribution < -0.4 is 5.32 Å². The zero-order valence-corrected chi connectivity index (χ0v) is 12.6. The third-order valence-corrected chi connectivity index (χ3v) is 4.18. The van der Waals surface area contributed by atoms with E-state index in [1.807, 2.05) is 18.2 Å². The highest BCUT2D eigenvalue weighted by molar-refractivity contribution is 5.31. The molecule has 3 nitrogen and oxygen atoms in total. The summed E-state index contributed by atoms with van der Waals surface area (Å²) in [5.41, 5.74) is 0.523. The Morgan fingerprint density at radius 2 is 2.00 bits per heavy atom. The van der Waals surface area contributed by atoms with Gasteiger partial charge in [0.1, 0.15) is 5.54 Å². The molecule has 0 aliphatic heterocycles. The number of hydrogen-bond acceptors (Lipinski definition) is 3. The number of nitrogens with zero attached hydrogens (tertiary/aromatic N) is 2. The van der Waals surface area contributed by atoms with Crippen molar-refractivity contribution in [2.75, 3.05) is 19.6 Å². The van der Waals surface area contributed by atoms with E-state index in [1.165, 1.54) is 12.8 Å². The van der Waals surface area contributed by atoms with Gasteiger partial charge in [0.15, 0.2) is 0 Å². The van der Waals surface area contributed by atoms with Crippen LogP contribution in [0, 0.1) is 11.3 Å². The maximum absolute atomic E-state index is 9.77. The second-order valence-corrected chi connectivity index (χ2v) is 5.52. The predicted molar refractivity (Wildman–Crippen MR) is 82.3 cm³/mol. The molecule has 1 unspecified atom stereocenters. The molecule has 20 heavy (non-hydrogen) atoms. The van der Waals surface area contributed by atoms with Gasteiger partial charge in [-0.3, -0.25) is 5.32 Å². The summed E-state index contributed by atoms with van der Waals surface area (Å²) in [6.07, 6.45) is 3.48. The van der Waals surface area contributed by atoms with Gasteiger partial charge in [0, 0.05) is 12.6 Å². The Morgan fingerprint density at radius 3 is 2.50 bits per heavy atom. The van der Waals surface area contributed by atoms with E-state index in [2.05, 4.69) is 42.3 Å². The zero-order chi connectivity index (χ0) is 14.4. The van der Waals surface area contributed by atoms with Gasteiger partial charge in [-0.15, -0.1) is 0 Å². The van der Waals surface area contributed by atoms with Crippen LogP contribution in [0.15, 0.2) is 30.3 Å². The molecule has 0 aromatic heterocycles. The SMILES string of the molecule is CCNC(C#N)(CCN(CC)C1CC1)c1ccccc1. The Bertz CT molecular complexity index is 447. The Hall–Kier alpha value is -1.37. The second-order valence-electron chi connectivity index (χ2n) is 5.52. The minimum absolute atomic E-state index is 0.557. The number of nitriles is 1. The fourth-order valence-electron chi connectivity index (χ4n) is 2.87. The van der Waals surface area contributed by atoms with Crippen molar-refractivity contribution in [1.82, 2.24) is 10.2 Å². The molecule has 0 amide bonds.